The average Bonchev–Trinajstić information content (AvgIpc) is 2.63. The quantitative estimate of drug-likeness (QED) is 0.876. The summed E-state index contributed by atoms with van der Waals surface area (Å²) in [7, 11) is -3.22. The molecule has 0 saturated carbocycles. The standard InChI is InChI=1S/C20H24N2O3S/c1-26(24,25)21-18-12-14-22(15-13-18)20(23)19(16-8-4-2-5-9-16)17-10-6-3-7-11-17/h2-11,18-19,21H,12-15H2,1H3. The van der Waals surface area contributed by atoms with Crippen LogP contribution in [0.25, 0.3) is 0 Å². The third-order valence-corrected chi connectivity index (χ3v) is 5.46. The van der Waals surface area contributed by atoms with Crippen LogP contribution in [0.4, 0.5) is 0 Å². The van der Waals surface area contributed by atoms with Gasteiger partial charge in [-0.25, -0.2) is 13.1 Å². The molecule has 2 aromatic carbocycles. The second-order valence-corrected chi connectivity index (χ2v) is 8.52. The lowest BCUT2D eigenvalue weighted by atomic mass is 9.89. The Balaban J connectivity index is 1.77. The number of carbonyl (C=O) groups is 1. The van der Waals surface area contributed by atoms with Gasteiger partial charge in [-0.3, -0.25) is 4.79 Å². The second-order valence-electron chi connectivity index (χ2n) is 6.74. The molecule has 0 atom stereocenters. The molecule has 1 aliphatic heterocycles. The third-order valence-electron chi connectivity index (χ3n) is 4.70. The topological polar surface area (TPSA) is 66.5 Å². The van der Waals surface area contributed by atoms with E-state index in [-0.39, 0.29) is 17.9 Å². The van der Waals surface area contributed by atoms with Gasteiger partial charge in [0.2, 0.25) is 15.9 Å². The van der Waals surface area contributed by atoms with Crippen molar-refractivity contribution in [2.75, 3.05) is 19.3 Å². The third kappa shape index (κ3) is 4.71. The van der Waals surface area contributed by atoms with Crippen LogP contribution in [0, 0.1) is 0 Å². The smallest absolute Gasteiger partial charge is 0.234 e. The molecule has 138 valence electrons. The number of amides is 1. The molecule has 1 aliphatic rings. The molecule has 1 saturated heterocycles. The molecule has 0 aromatic heterocycles. The SMILES string of the molecule is CS(=O)(=O)NC1CCN(C(=O)C(c2ccccc2)c2ccccc2)CC1. The van der Waals surface area contributed by atoms with Crippen LogP contribution in [0.15, 0.2) is 60.7 Å². The van der Waals surface area contributed by atoms with Gasteiger partial charge in [0.15, 0.2) is 0 Å². The van der Waals surface area contributed by atoms with Gasteiger partial charge < -0.3 is 4.90 Å². The number of nitrogens with one attached hydrogen (secondary N) is 1. The fourth-order valence-corrected chi connectivity index (χ4v) is 4.31. The fraction of sp³-hybridized carbons (Fsp3) is 0.350. The summed E-state index contributed by atoms with van der Waals surface area (Å²) in [4.78, 5) is 15.1. The van der Waals surface area contributed by atoms with Crippen molar-refractivity contribution in [3.05, 3.63) is 71.8 Å². The average molecular weight is 372 g/mol. The van der Waals surface area contributed by atoms with E-state index in [9.17, 15) is 13.2 Å². The highest BCUT2D eigenvalue weighted by atomic mass is 32.2. The zero-order chi connectivity index (χ0) is 18.6. The Morgan fingerprint density at radius 3 is 1.85 bits per heavy atom. The zero-order valence-corrected chi connectivity index (χ0v) is 15.7. The normalized spacial score (nSPS) is 16.0. The van der Waals surface area contributed by atoms with E-state index in [2.05, 4.69) is 4.72 Å². The van der Waals surface area contributed by atoms with Gasteiger partial charge in [-0.15, -0.1) is 0 Å². The maximum Gasteiger partial charge on any atom is 0.234 e. The first-order chi connectivity index (χ1) is 12.4. The lowest BCUT2D eigenvalue weighted by Gasteiger charge is -2.34. The zero-order valence-electron chi connectivity index (χ0n) is 14.8. The van der Waals surface area contributed by atoms with Crippen LogP contribution in [0.3, 0.4) is 0 Å². The van der Waals surface area contributed by atoms with Crippen molar-refractivity contribution >= 4 is 15.9 Å². The van der Waals surface area contributed by atoms with Gasteiger partial charge in [-0.2, -0.15) is 0 Å². The van der Waals surface area contributed by atoms with Crippen molar-refractivity contribution in [1.29, 1.82) is 0 Å². The number of rotatable bonds is 5. The van der Waals surface area contributed by atoms with Crippen LogP contribution in [0.1, 0.15) is 29.9 Å². The summed E-state index contributed by atoms with van der Waals surface area (Å²) < 4.78 is 25.4. The van der Waals surface area contributed by atoms with Crippen LogP contribution in [0.2, 0.25) is 0 Å². The monoisotopic (exact) mass is 372 g/mol. The summed E-state index contributed by atoms with van der Waals surface area (Å²) in [6.45, 7) is 1.12. The van der Waals surface area contributed by atoms with Gasteiger partial charge in [0, 0.05) is 19.1 Å². The lowest BCUT2D eigenvalue weighted by molar-refractivity contribution is -0.132. The van der Waals surface area contributed by atoms with Gasteiger partial charge in [-0.05, 0) is 24.0 Å². The van der Waals surface area contributed by atoms with Gasteiger partial charge >= 0.3 is 0 Å². The molecule has 2 aromatic rings. The number of nitrogens with zero attached hydrogens (tertiary/aromatic N) is 1. The van der Waals surface area contributed by atoms with E-state index in [0.29, 0.717) is 25.9 Å². The Morgan fingerprint density at radius 1 is 0.962 bits per heavy atom. The molecule has 0 aliphatic carbocycles. The van der Waals surface area contributed by atoms with Crippen LogP contribution in [-0.2, 0) is 14.8 Å². The Bertz CT molecular complexity index is 790. The van der Waals surface area contributed by atoms with Crippen LogP contribution in [-0.4, -0.2) is 44.6 Å². The summed E-state index contributed by atoms with van der Waals surface area (Å²) in [5.41, 5.74) is 1.94. The molecule has 1 N–H and O–H groups in total. The molecule has 5 nitrogen and oxygen atoms in total. The number of likely N-dealkylation sites (tertiary alicyclic amines) is 1. The summed E-state index contributed by atoms with van der Waals surface area (Å²) in [5.74, 6) is -0.267. The summed E-state index contributed by atoms with van der Waals surface area (Å²) >= 11 is 0. The molecule has 1 heterocycles. The second kappa shape index (κ2) is 8.01. The number of benzene rings is 2. The van der Waals surface area contributed by atoms with Crippen molar-refractivity contribution in [3.8, 4) is 0 Å². The molecule has 0 bridgehead atoms. The van der Waals surface area contributed by atoms with Gasteiger partial charge in [0.1, 0.15) is 0 Å². The summed E-state index contributed by atoms with van der Waals surface area (Å²) in [6, 6.07) is 19.5. The highest BCUT2D eigenvalue weighted by Gasteiger charge is 2.30. The molecule has 1 fully saturated rings. The van der Waals surface area contributed by atoms with Gasteiger partial charge in [0.25, 0.3) is 0 Å². The van der Waals surface area contributed by atoms with E-state index in [1.54, 1.807) is 0 Å². The van der Waals surface area contributed by atoms with Gasteiger partial charge in [-0.1, -0.05) is 60.7 Å². The van der Waals surface area contributed by atoms with E-state index in [1.807, 2.05) is 65.6 Å². The molecule has 26 heavy (non-hydrogen) atoms. The first kappa shape index (κ1) is 18.6. The predicted molar refractivity (Wildman–Crippen MR) is 102 cm³/mol. The van der Waals surface area contributed by atoms with Crippen molar-refractivity contribution in [2.45, 2.75) is 24.8 Å². The maximum atomic E-state index is 13.3. The van der Waals surface area contributed by atoms with E-state index in [1.165, 1.54) is 6.26 Å². The number of carbonyl (C=O) groups excluding carboxylic acids is 1. The first-order valence-electron chi connectivity index (χ1n) is 8.80. The molecule has 1 amide bonds. The summed E-state index contributed by atoms with van der Waals surface area (Å²) in [5, 5.41) is 0. The number of sulfonamides is 1. The Hall–Kier alpha value is -2.18. The highest BCUT2D eigenvalue weighted by molar-refractivity contribution is 7.88. The lowest BCUT2D eigenvalue weighted by Crippen LogP contribution is -2.47. The molecule has 0 spiro atoms. The van der Waals surface area contributed by atoms with E-state index >= 15 is 0 Å². The molecule has 0 radical (unpaired) electrons. The van der Waals surface area contributed by atoms with Crippen molar-refractivity contribution in [1.82, 2.24) is 9.62 Å². The van der Waals surface area contributed by atoms with Gasteiger partial charge in [0.05, 0.1) is 12.2 Å². The minimum absolute atomic E-state index is 0.0696. The highest BCUT2D eigenvalue weighted by Crippen LogP contribution is 2.28. The fourth-order valence-electron chi connectivity index (χ4n) is 3.47. The number of hydrogen-bond donors (Lipinski definition) is 1. The Kier molecular flexibility index (Phi) is 5.74. The molecule has 0 unspecified atom stereocenters. The van der Waals surface area contributed by atoms with Crippen LogP contribution >= 0.6 is 0 Å². The van der Waals surface area contributed by atoms with Crippen molar-refractivity contribution in [3.63, 3.8) is 0 Å². The van der Waals surface area contributed by atoms with Crippen molar-refractivity contribution in [2.24, 2.45) is 0 Å². The minimum atomic E-state index is -3.22. The Labute approximate surface area is 155 Å². The summed E-state index contributed by atoms with van der Waals surface area (Å²) in [6.07, 6.45) is 2.44. The largest absolute Gasteiger partial charge is 0.342 e. The first-order valence-corrected chi connectivity index (χ1v) is 10.7. The van der Waals surface area contributed by atoms with Crippen LogP contribution < -0.4 is 4.72 Å². The number of hydrogen-bond acceptors (Lipinski definition) is 3. The molecular formula is C20H24N2O3S. The Morgan fingerprint density at radius 2 is 1.42 bits per heavy atom. The maximum absolute atomic E-state index is 13.3. The van der Waals surface area contributed by atoms with E-state index in [0.717, 1.165) is 11.1 Å². The predicted octanol–water partition coefficient (Wildman–Crippen LogP) is 2.36. The van der Waals surface area contributed by atoms with E-state index < -0.39 is 10.0 Å². The van der Waals surface area contributed by atoms with Crippen molar-refractivity contribution < 1.29 is 13.2 Å². The minimum Gasteiger partial charge on any atom is -0.342 e. The number of piperidine rings is 1. The molecular weight excluding hydrogens is 348 g/mol. The molecule has 6 heteroatoms. The molecule has 3 rings (SSSR count). The van der Waals surface area contributed by atoms with E-state index in [4.69, 9.17) is 0 Å². The van der Waals surface area contributed by atoms with Crippen LogP contribution in [0.5, 0.6) is 0 Å².